The molecule has 160 valence electrons. The molecule has 2 N–H and O–H groups in total. The Balaban J connectivity index is 1.52. The van der Waals surface area contributed by atoms with Crippen LogP contribution >= 0.6 is 24.0 Å². The monoisotopic (exact) mass is 457 g/mol. The fraction of sp³-hybridized carbons (Fsp3) is 0.190. The molecule has 1 atom stereocenters. The fourth-order valence-corrected chi connectivity index (χ4v) is 4.03. The largest absolute Gasteiger partial charge is 0.462 e. The van der Waals surface area contributed by atoms with Crippen LogP contribution in [0, 0.1) is 0 Å². The molecule has 0 saturated carbocycles. The molecule has 0 spiro atoms. The minimum atomic E-state index is -0.820. The molecule has 1 fully saturated rings. The van der Waals surface area contributed by atoms with E-state index in [4.69, 9.17) is 17.0 Å². The van der Waals surface area contributed by atoms with Crippen molar-refractivity contribution in [1.82, 2.24) is 5.32 Å². The van der Waals surface area contributed by atoms with Crippen LogP contribution in [0.3, 0.4) is 0 Å². The molecule has 2 aromatic rings. The van der Waals surface area contributed by atoms with E-state index < -0.39 is 28.3 Å². The van der Waals surface area contributed by atoms with E-state index in [0.717, 1.165) is 16.7 Å². The number of thioether (sulfide) groups is 1. The maximum atomic E-state index is 12.6. The number of amides is 3. The van der Waals surface area contributed by atoms with Crippen molar-refractivity contribution in [2.24, 2.45) is 0 Å². The molecule has 2 aromatic carbocycles. The van der Waals surface area contributed by atoms with E-state index in [1.807, 2.05) is 0 Å². The minimum absolute atomic E-state index is 0.0376. The van der Waals surface area contributed by atoms with Gasteiger partial charge in [-0.1, -0.05) is 18.2 Å². The summed E-state index contributed by atoms with van der Waals surface area (Å²) in [6, 6.07) is 14.9. The summed E-state index contributed by atoms with van der Waals surface area (Å²) in [7, 11) is 0. The van der Waals surface area contributed by atoms with Gasteiger partial charge < -0.3 is 15.4 Å². The lowest BCUT2D eigenvalue weighted by molar-refractivity contribution is -0.123. The SMILES string of the molecule is CCOC(=O)c1ccc(NC(=S)NC(=O)CC2SC(=O)N(c3ccccc3)C2=O)cc1. The van der Waals surface area contributed by atoms with E-state index in [-0.39, 0.29) is 18.1 Å². The number of esters is 1. The van der Waals surface area contributed by atoms with Gasteiger partial charge in [0.25, 0.3) is 5.24 Å². The Kier molecular flexibility index (Phi) is 7.37. The molecule has 0 aliphatic carbocycles. The number of carbonyl (C=O) groups excluding carboxylic acids is 4. The van der Waals surface area contributed by atoms with Crippen LogP contribution in [-0.4, -0.2) is 40.0 Å². The maximum Gasteiger partial charge on any atom is 0.338 e. The second-order valence-corrected chi connectivity index (χ2v) is 7.95. The first-order chi connectivity index (χ1) is 14.9. The molecule has 31 heavy (non-hydrogen) atoms. The molecule has 3 rings (SSSR count). The van der Waals surface area contributed by atoms with Crippen LogP contribution < -0.4 is 15.5 Å². The molecule has 3 amide bonds. The van der Waals surface area contributed by atoms with E-state index in [1.165, 1.54) is 0 Å². The number of nitrogens with one attached hydrogen (secondary N) is 2. The zero-order valence-electron chi connectivity index (χ0n) is 16.5. The predicted octanol–water partition coefficient (Wildman–Crippen LogP) is 3.34. The summed E-state index contributed by atoms with van der Waals surface area (Å²) >= 11 is 5.94. The van der Waals surface area contributed by atoms with Crippen LogP contribution in [-0.2, 0) is 14.3 Å². The van der Waals surface area contributed by atoms with Gasteiger partial charge in [0.05, 0.1) is 17.9 Å². The van der Waals surface area contributed by atoms with Crippen molar-refractivity contribution in [2.45, 2.75) is 18.6 Å². The van der Waals surface area contributed by atoms with Gasteiger partial charge in [-0.05, 0) is 67.3 Å². The van der Waals surface area contributed by atoms with E-state index in [2.05, 4.69) is 10.6 Å². The molecule has 1 aliphatic rings. The lowest BCUT2D eigenvalue weighted by Gasteiger charge is -2.14. The van der Waals surface area contributed by atoms with E-state index >= 15 is 0 Å². The second-order valence-electron chi connectivity index (χ2n) is 6.39. The minimum Gasteiger partial charge on any atom is -0.462 e. The molecule has 1 saturated heterocycles. The summed E-state index contributed by atoms with van der Waals surface area (Å²) in [5, 5.41) is 4.12. The molecule has 1 unspecified atom stereocenters. The molecule has 0 radical (unpaired) electrons. The first-order valence-electron chi connectivity index (χ1n) is 9.36. The van der Waals surface area contributed by atoms with Crippen molar-refractivity contribution in [3.8, 4) is 0 Å². The van der Waals surface area contributed by atoms with Gasteiger partial charge in [-0.2, -0.15) is 0 Å². The molecular formula is C21H19N3O5S2. The summed E-state index contributed by atoms with van der Waals surface area (Å²) < 4.78 is 4.92. The van der Waals surface area contributed by atoms with E-state index in [9.17, 15) is 19.2 Å². The summed E-state index contributed by atoms with van der Waals surface area (Å²) in [6.45, 7) is 2.01. The molecule has 0 bridgehead atoms. The van der Waals surface area contributed by atoms with Crippen LogP contribution in [0.15, 0.2) is 54.6 Å². The molecule has 0 aromatic heterocycles. The highest BCUT2D eigenvalue weighted by molar-refractivity contribution is 8.15. The third kappa shape index (κ3) is 5.68. The Hall–Kier alpha value is -3.24. The summed E-state index contributed by atoms with van der Waals surface area (Å²) in [5.74, 6) is -1.36. The van der Waals surface area contributed by atoms with Crippen LogP contribution in [0.25, 0.3) is 0 Å². The van der Waals surface area contributed by atoms with Crippen molar-refractivity contribution >= 4 is 63.5 Å². The normalized spacial score (nSPS) is 15.5. The van der Waals surface area contributed by atoms with Gasteiger partial charge in [-0.15, -0.1) is 0 Å². The quantitative estimate of drug-likeness (QED) is 0.503. The second kappa shape index (κ2) is 10.2. The Morgan fingerprint density at radius 3 is 2.42 bits per heavy atom. The number of rotatable bonds is 6. The third-order valence-electron chi connectivity index (χ3n) is 4.21. The number of benzene rings is 2. The van der Waals surface area contributed by atoms with Gasteiger partial charge in [-0.25, -0.2) is 9.69 Å². The van der Waals surface area contributed by atoms with Crippen molar-refractivity contribution < 1.29 is 23.9 Å². The first-order valence-corrected chi connectivity index (χ1v) is 10.7. The summed E-state index contributed by atoms with van der Waals surface area (Å²) in [4.78, 5) is 49.9. The molecular weight excluding hydrogens is 438 g/mol. The lowest BCUT2D eigenvalue weighted by Crippen LogP contribution is -2.38. The number of anilines is 2. The van der Waals surface area contributed by atoms with Crippen molar-refractivity contribution in [3.63, 3.8) is 0 Å². The summed E-state index contributed by atoms with van der Waals surface area (Å²) in [6.07, 6.45) is -0.192. The number of hydrogen-bond donors (Lipinski definition) is 2. The standard InChI is InChI=1S/C21H19N3O5S2/c1-2-29-19(27)13-8-10-14(11-9-13)22-20(30)23-17(25)12-16-18(26)24(21(28)31-16)15-6-4-3-5-7-15/h3-11,16H,2,12H2,1H3,(H2,22,23,25,30). The van der Waals surface area contributed by atoms with Crippen molar-refractivity contribution in [1.29, 1.82) is 0 Å². The van der Waals surface area contributed by atoms with Gasteiger partial charge in [0.1, 0.15) is 5.25 Å². The summed E-state index contributed by atoms with van der Waals surface area (Å²) in [5.41, 5.74) is 1.43. The number of ether oxygens (including phenoxy) is 1. The highest BCUT2D eigenvalue weighted by Crippen LogP contribution is 2.33. The molecule has 1 heterocycles. The zero-order chi connectivity index (χ0) is 22.4. The van der Waals surface area contributed by atoms with Gasteiger partial charge in [-0.3, -0.25) is 14.4 Å². The topological polar surface area (TPSA) is 105 Å². The van der Waals surface area contributed by atoms with Crippen LogP contribution in [0.2, 0.25) is 0 Å². The van der Waals surface area contributed by atoms with Crippen molar-refractivity contribution in [2.75, 3.05) is 16.8 Å². The highest BCUT2D eigenvalue weighted by Gasteiger charge is 2.41. The average molecular weight is 458 g/mol. The fourth-order valence-electron chi connectivity index (χ4n) is 2.81. The Morgan fingerprint density at radius 2 is 1.77 bits per heavy atom. The number of hydrogen-bond acceptors (Lipinski definition) is 7. The number of thiocarbonyl (C=S) groups is 1. The Bertz CT molecular complexity index is 1010. The van der Waals surface area contributed by atoms with Gasteiger partial charge in [0.2, 0.25) is 11.8 Å². The Labute approximate surface area is 188 Å². The lowest BCUT2D eigenvalue weighted by atomic mass is 10.2. The zero-order valence-corrected chi connectivity index (χ0v) is 18.1. The van der Waals surface area contributed by atoms with Gasteiger partial charge in [0.15, 0.2) is 5.11 Å². The number of carbonyl (C=O) groups is 4. The molecule has 1 aliphatic heterocycles. The van der Waals surface area contributed by atoms with E-state index in [1.54, 1.807) is 61.5 Å². The van der Waals surface area contributed by atoms with E-state index in [0.29, 0.717) is 16.9 Å². The Morgan fingerprint density at radius 1 is 1.10 bits per heavy atom. The first kappa shape index (κ1) is 22.4. The maximum absolute atomic E-state index is 12.6. The predicted molar refractivity (Wildman–Crippen MR) is 122 cm³/mol. The smallest absolute Gasteiger partial charge is 0.338 e. The number of imide groups is 1. The molecule has 10 heteroatoms. The average Bonchev–Trinajstić information content (AvgIpc) is 3.02. The molecule has 8 nitrogen and oxygen atoms in total. The van der Waals surface area contributed by atoms with Gasteiger partial charge in [0, 0.05) is 12.1 Å². The third-order valence-corrected chi connectivity index (χ3v) is 5.45. The van der Waals surface area contributed by atoms with Crippen LogP contribution in [0.1, 0.15) is 23.7 Å². The number of para-hydroxylation sites is 1. The van der Waals surface area contributed by atoms with Crippen LogP contribution in [0.4, 0.5) is 16.2 Å². The van der Waals surface area contributed by atoms with Crippen molar-refractivity contribution in [3.05, 3.63) is 60.2 Å². The van der Waals surface area contributed by atoms with Gasteiger partial charge >= 0.3 is 5.97 Å². The number of nitrogens with zero attached hydrogens (tertiary/aromatic N) is 1. The highest BCUT2D eigenvalue weighted by atomic mass is 32.2. The van der Waals surface area contributed by atoms with Crippen LogP contribution in [0.5, 0.6) is 0 Å².